The van der Waals surface area contributed by atoms with E-state index in [1.807, 2.05) is 24.8 Å². The predicted octanol–water partition coefficient (Wildman–Crippen LogP) is 4.86. The Balaban J connectivity index is 1.25. The molecule has 9 nitrogen and oxygen atoms in total. The SMILES string of the molecule is CO[C@@H](C)C(O)N1CCC(c2cc(F)cc3cc(-c4nn5cc(C(=O)N6C[C@H](N)C[C@@H](F)C6)ccc5c4C)n(CC4CC4)c23)CC1. The Kier molecular flexibility index (Phi) is 8.37. The Morgan fingerprint density at radius 2 is 1.91 bits per heavy atom. The van der Waals surface area contributed by atoms with Crippen LogP contribution in [0.1, 0.15) is 66.4 Å². The number of aliphatic hydroxyl groups excluding tert-OH is 1. The average molecular weight is 635 g/mol. The van der Waals surface area contributed by atoms with Gasteiger partial charge in [0.05, 0.1) is 34.9 Å². The number of carbonyl (C=O) groups is 1. The minimum Gasteiger partial charge on any atom is -0.378 e. The molecule has 46 heavy (non-hydrogen) atoms. The lowest BCUT2D eigenvalue weighted by Gasteiger charge is -2.37. The predicted molar refractivity (Wildman–Crippen MR) is 173 cm³/mol. The highest BCUT2D eigenvalue weighted by atomic mass is 19.1. The summed E-state index contributed by atoms with van der Waals surface area (Å²) in [6.45, 7) is 6.50. The molecule has 3 N–H and O–H groups in total. The second-order valence-corrected chi connectivity index (χ2v) is 13.7. The van der Waals surface area contributed by atoms with Crippen LogP contribution in [0.25, 0.3) is 27.8 Å². The highest BCUT2D eigenvalue weighted by Gasteiger charge is 2.32. The Morgan fingerprint density at radius 1 is 1.15 bits per heavy atom. The number of alkyl halides is 1. The molecule has 1 saturated carbocycles. The number of amides is 1. The number of aliphatic hydroxyl groups is 1. The van der Waals surface area contributed by atoms with Gasteiger partial charge in [0.1, 0.15) is 23.9 Å². The molecule has 2 saturated heterocycles. The molecule has 7 rings (SSSR count). The molecule has 3 fully saturated rings. The molecule has 1 aliphatic carbocycles. The van der Waals surface area contributed by atoms with Crippen LogP contribution in [0.15, 0.2) is 36.5 Å². The van der Waals surface area contributed by atoms with Crippen molar-refractivity contribution in [3.05, 3.63) is 59.0 Å². The number of halogens is 2. The number of carbonyl (C=O) groups excluding carboxylic acids is 1. The van der Waals surface area contributed by atoms with Crippen LogP contribution >= 0.6 is 0 Å². The van der Waals surface area contributed by atoms with Crippen molar-refractivity contribution in [2.75, 3.05) is 33.3 Å². The first-order valence-corrected chi connectivity index (χ1v) is 16.6. The van der Waals surface area contributed by atoms with E-state index in [2.05, 4.69) is 10.6 Å². The van der Waals surface area contributed by atoms with E-state index >= 15 is 4.39 Å². The number of pyridine rings is 1. The lowest BCUT2D eigenvalue weighted by molar-refractivity contribution is -0.0976. The molecule has 3 aromatic heterocycles. The van der Waals surface area contributed by atoms with E-state index in [1.54, 1.807) is 36.0 Å². The van der Waals surface area contributed by atoms with E-state index in [9.17, 15) is 14.3 Å². The van der Waals surface area contributed by atoms with Crippen molar-refractivity contribution in [1.29, 1.82) is 0 Å². The standard InChI is InChI=1S/C35H44F2N6O3/c1-20-30-7-6-24(35(45)41-18-27(37)14-28(38)19-41)17-43(30)39-32(20)31-13-25-12-26(36)15-29(33(25)42(31)16-22-4-5-22)23-8-10-40(11-9-23)34(44)21(2)46-3/h6-7,12-13,15,17,21-23,27-28,34,44H,4-5,8-11,14,16,18-19,38H2,1-3H3/t21-,27+,28+,34?/m0/s1. The highest BCUT2D eigenvalue weighted by molar-refractivity contribution is 5.95. The van der Waals surface area contributed by atoms with Crippen LogP contribution in [0.4, 0.5) is 8.78 Å². The summed E-state index contributed by atoms with van der Waals surface area (Å²) in [5.74, 6) is 0.211. The zero-order valence-electron chi connectivity index (χ0n) is 26.8. The number of rotatable bonds is 8. The number of aryl methyl sites for hydroxylation is 1. The zero-order valence-corrected chi connectivity index (χ0v) is 26.8. The number of benzene rings is 1. The minimum atomic E-state index is -1.13. The Labute approximate surface area is 267 Å². The molecule has 4 aromatic rings. The number of piperidine rings is 2. The van der Waals surface area contributed by atoms with Crippen molar-refractivity contribution in [2.45, 2.75) is 83.0 Å². The number of hydrogen-bond acceptors (Lipinski definition) is 6. The molecule has 0 radical (unpaired) electrons. The van der Waals surface area contributed by atoms with Crippen LogP contribution in [0.3, 0.4) is 0 Å². The first kappa shape index (κ1) is 31.2. The maximum Gasteiger partial charge on any atom is 0.255 e. The summed E-state index contributed by atoms with van der Waals surface area (Å²) >= 11 is 0. The van der Waals surface area contributed by atoms with E-state index in [4.69, 9.17) is 15.6 Å². The van der Waals surface area contributed by atoms with Crippen molar-refractivity contribution < 1.29 is 23.4 Å². The molecule has 3 aliphatic rings. The van der Waals surface area contributed by atoms with Gasteiger partial charge in [0.25, 0.3) is 5.91 Å². The largest absolute Gasteiger partial charge is 0.378 e. The quantitative estimate of drug-likeness (QED) is 0.287. The Bertz CT molecular complexity index is 1750. The van der Waals surface area contributed by atoms with Gasteiger partial charge >= 0.3 is 0 Å². The fourth-order valence-corrected chi connectivity index (χ4v) is 7.52. The molecule has 0 spiro atoms. The van der Waals surface area contributed by atoms with Gasteiger partial charge in [0, 0.05) is 56.5 Å². The van der Waals surface area contributed by atoms with Crippen LogP contribution in [0, 0.1) is 18.7 Å². The summed E-state index contributed by atoms with van der Waals surface area (Å²) < 4.78 is 38.9. The van der Waals surface area contributed by atoms with Gasteiger partial charge < -0.3 is 25.0 Å². The summed E-state index contributed by atoms with van der Waals surface area (Å²) in [5.41, 5.74) is 12.1. The Hall–Kier alpha value is -3.38. The molecule has 1 unspecified atom stereocenters. The van der Waals surface area contributed by atoms with Crippen LogP contribution < -0.4 is 5.73 Å². The molecule has 4 atom stereocenters. The summed E-state index contributed by atoms with van der Waals surface area (Å²) in [5, 5.41) is 16.5. The number of fused-ring (bicyclic) bond motifs is 2. The molecule has 5 heterocycles. The highest BCUT2D eigenvalue weighted by Crippen LogP contribution is 2.41. The Morgan fingerprint density at radius 3 is 2.61 bits per heavy atom. The van der Waals surface area contributed by atoms with E-state index in [0.717, 1.165) is 58.3 Å². The van der Waals surface area contributed by atoms with E-state index in [-0.39, 0.29) is 42.8 Å². The molecule has 246 valence electrons. The van der Waals surface area contributed by atoms with Crippen LogP contribution in [0.2, 0.25) is 0 Å². The van der Waals surface area contributed by atoms with Gasteiger partial charge in [0.2, 0.25) is 0 Å². The number of nitrogens with zero attached hydrogens (tertiary/aromatic N) is 5. The summed E-state index contributed by atoms with van der Waals surface area (Å²) in [7, 11) is 1.60. The number of methoxy groups -OCH3 is 1. The number of hydrogen-bond donors (Lipinski definition) is 2. The third-order valence-electron chi connectivity index (χ3n) is 10.3. The van der Waals surface area contributed by atoms with Crippen molar-refractivity contribution in [2.24, 2.45) is 11.7 Å². The molecule has 11 heteroatoms. The lowest BCUT2D eigenvalue weighted by Crippen LogP contribution is -2.50. The maximum absolute atomic E-state index is 15.2. The average Bonchev–Trinajstić information content (AvgIpc) is 3.72. The fourth-order valence-electron chi connectivity index (χ4n) is 7.52. The van der Waals surface area contributed by atoms with Gasteiger partial charge in [-0.1, -0.05) is 0 Å². The number of nitrogens with two attached hydrogens (primary N) is 1. The minimum absolute atomic E-state index is 0.0417. The van der Waals surface area contributed by atoms with Crippen LogP contribution in [-0.4, -0.2) is 92.8 Å². The van der Waals surface area contributed by atoms with E-state index in [0.29, 0.717) is 31.1 Å². The van der Waals surface area contributed by atoms with Crippen molar-refractivity contribution >= 4 is 22.3 Å². The monoisotopic (exact) mass is 634 g/mol. The van der Waals surface area contributed by atoms with Gasteiger partial charge in [-0.25, -0.2) is 13.3 Å². The topological polar surface area (TPSA) is 101 Å². The van der Waals surface area contributed by atoms with E-state index in [1.165, 1.54) is 17.7 Å². The summed E-state index contributed by atoms with van der Waals surface area (Å²) in [6.07, 6.45) is 3.85. The first-order chi connectivity index (χ1) is 22.1. The maximum atomic E-state index is 15.2. The smallest absolute Gasteiger partial charge is 0.255 e. The van der Waals surface area contributed by atoms with Gasteiger partial charge in [-0.15, -0.1) is 0 Å². The lowest BCUT2D eigenvalue weighted by atomic mass is 9.88. The van der Waals surface area contributed by atoms with Crippen LogP contribution in [-0.2, 0) is 11.3 Å². The second kappa shape index (κ2) is 12.3. The van der Waals surface area contributed by atoms with Crippen molar-refractivity contribution in [1.82, 2.24) is 24.0 Å². The third kappa shape index (κ3) is 5.83. The zero-order chi connectivity index (χ0) is 32.3. The van der Waals surface area contributed by atoms with Crippen molar-refractivity contribution in [3.63, 3.8) is 0 Å². The molecule has 0 bridgehead atoms. The van der Waals surface area contributed by atoms with Gasteiger partial charge in [-0.3, -0.25) is 9.69 Å². The van der Waals surface area contributed by atoms with Gasteiger partial charge in [-0.05, 0) is 93.7 Å². The number of aromatic nitrogens is 3. The van der Waals surface area contributed by atoms with Crippen molar-refractivity contribution in [3.8, 4) is 11.4 Å². The van der Waals surface area contributed by atoms with Crippen LogP contribution in [0.5, 0.6) is 0 Å². The molecule has 1 aromatic carbocycles. The number of ether oxygens (including phenoxy) is 1. The summed E-state index contributed by atoms with van der Waals surface area (Å²) in [6, 6.07) is 8.66. The summed E-state index contributed by atoms with van der Waals surface area (Å²) in [4.78, 5) is 16.9. The van der Waals surface area contributed by atoms with Gasteiger partial charge in [-0.2, -0.15) is 5.10 Å². The molecule has 2 aliphatic heterocycles. The molecule has 1 amide bonds. The molecular weight excluding hydrogens is 590 g/mol. The normalized spacial score (nSPS) is 23.0. The van der Waals surface area contributed by atoms with Gasteiger partial charge in [0.15, 0.2) is 0 Å². The third-order valence-corrected chi connectivity index (χ3v) is 10.3. The number of likely N-dealkylation sites (tertiary alicyclic amines) is 2. The first-order valence-electron chi connectivity index (χ1n) is 16.6. The van der Waals surface area contributed by atoms with E-state index < -0.39 is 12.4 Å². The fraction of sp³-hybridized carbons (Fsp3) is 0.543. The molecular formula is C35H44F2N6O3. The second-order valence-electron chi connectivity index (χ2n) is 13.7.